The summed E-state index contributed by atoms with van der Waals surface area (Å²) >= 11 is 6.92. The van der Waals surface area contributed by atoms with Gasteiger partial charge in [-0.15, -0.1) is 0 Å². The van der Waals surface area contributed by atoms with E-state index < -0.39 is 0 Å². The molecular formula is C17H14ClNO2S. The van der Waals surface area contributed by atoms with Crippen molar-refractivity contribution in [2.75, 3.05) is 7.05 Å². The number of hydrogen-bond acceptors (Lipinski definition) is 3. The largest absolute Gasteiger partial charge is 0.293 e. The van der Waals surface area contributed by atoms with Gasteiger partial charge >= 0.3 is 0 Å². The van der Waals surface area contributed by atoms with E-state index in [0.717, 1.165) is 28.6 Å². The molecule has 1 aromatic carbocycles. The number of amides is 2. The van der Waals surface area contributed by atoms with Gasteiger partial charge in [-0.3, -0.25) is 14.5 Å². The number of carbonyl (C=O) groups is 2. The van der Waals surface area contributed by atoms with Gasteiger partial charge in [0.1, 0.15) is 0 Å². The van der Waals surface area contributed by atoms with Crippen LogP contribution in [0.3, 0.4) is 0 Å². The van der Waals surface area contributed by atoms with Gasteiger partial charge in [0.15, 0.2) is 0 Å². The maximum Gasteiger partial charge on any atom is 0.293 e. The molecule has 3 rings (SSSR count). The van der Waals surface area contributed by atoms with Crippen molar-refractivity contribution >= 4 is 40.1 Å². The fourth-order valence-corrected chi connectivity index (χ4v) is 3.45. The van der Waals surface area contributed by atoms with Crippen molar-refractivity contribution in [1.29, 1.82) is 0 Å². The van der Waals surface area contributed by atoms with Gasteiger partial charge in [0, 0.05) is 18.0 Å². The first kappa shape index (κ1) is 15.1. The summed E-state index contributed by atoms with van der Waals surface area (Å²) in [5.74, 6) is -0.104. The molecule has 1 aliphatic heterocycles. The standard InChI is InChI=1S/C17H14ClNO2S/c1-19-16(20)15(22-17(19)21)10-11-3-2-4-13(9-11)12-5-7-14(18)8-6-12/h2-8,10-11H,9H2,1H3/b15-10-. The van der Waals surface area contributed by atoms with Crippen LogP contribution in [0.2, 0.25) is 5.02 Å². The third kappa shape index (κ3) is 3.03. The number of imide groups is 1. The minimum atomic E-state index is -0.218. The van der Waals surface area contributed by atoms with E-state index in [4.69, 9.17) is 11.6 Å². The zero-order valence-corrected chi connectivity index (χ0v) is 13.5. The smallest absolute Gasteiger partial charge is 0.272 e. The van der Waals surface area contributed by atoms with Crippen molar-refractivity contribution in [1.82, 2.24) is 4.90 Å². The van der Waals surface area contributed by atoms with Crippen molar-refractivity contribution in [3.63, 3.8) is 0 Å². The Bertz CT molecular complexity index is 719. The van der Waals surface area contributed by atoms with Crippen LogP contribution >= 0.6 is 23.4 Å². The Hall–Kier alpha value is -1.78. The first-order valence-electron chi connectivity index (χ1n) is 6.89. The van der Waals surface area contributed by atoms with E-state index in [2.05, 4.69) is 6.08 Å². The van der Waals surface area contributed by atoms with Crippen molar-refractivity contribution < 1.29 is 9.59 Å². The van der Waals surface area contributed by atoms with E-state index >= 15 is 0 Å². The molecular weight excluding hydrogens is 318 g/mol. The summed E-state index contributed by atoms with van der Waals surface area (Å²) in [5, 5.41) is 0.494. The van der Waals surface area contributed by atoms with E-state index in [0.29, 0.717) is 9.93 Å². The number of nitrogens with zero attached hydrogens (tertiary/aromatic N) is 1. The molecule has 0 N–H and O–H groups in total. The summed E-state index contributed by atoms with van der Waals surface area (Å²) in [6, 6.07) is 7.72. The summed E-state index contributed by atoms with van der Waals surface area (Å²) in [7, 11) is 1.51. The Morgan fingerprint density at radius 2 is 2.00 bits per heavy atom. The lowest BCUT2D eigenvalue weighted by atomic mass is 9.89. The molecule has 5 heteroatoms. The molecule has 0 aromatic heterocycles. The van der Waals surface area contributed by atoms with Crippen molar-refractivity contribution in [2.45, 2.75) is 6.42 Å². The quantitative estimate of drug-likeness (QED) is 0.748. The molecule has 1 heterocycles. The molecule has 3 nitrogen and oxygen atoms in total. The van der Waals surface area contributed by atoms with Gasteiger partial charge in [-0.25, -0.2) is 0 Å². The van der Waals surface area contributed by atoms with E-state index in [9.17, 15) is 9.59 Å². The Morgan fingerprint density at radius 1 is 1.27 bits per heavy atom. The number of carbonyl (C=O) groups excluding carboxylic acids is 2. The molecule has 0 saturated carbocycles. The molecule has 2 aliphatic rings. The summed E-state index contributed by atoms with van der Waals surface area (Å²) in [6.45, 7) is 0. The number of likely N-dealkylation sites (N-methyl/N-ethyl adjacent to an activating group) is 1. The summed E-state index contributed by atoms with van der Waals surface area (Å²) in [5.41, 5.74) is 2.31. The minimum Gasteiger partial charge on any atom is -0.272 e. The average Bonchev–Trinajstić information content (AvgIpc) is 2.76. The second kappa shape index (κ2) is 6.15. The maximum absolute atomic E-state index is 11.9. The van der Waals surface area contributed by atoms with Crippen LogP contribution in [0.25, 0.3) is 5.57 Å². The number of rotatable bonds is 2. The average molecular weight is 332 g/mol. The first-order chi connectivity index (χ1) is 10.5. The Labute approximate surface area is 138 Å². The molecule has 1 saturated heterocycles. The molecule has 1 fully saturated rings. The molecule has 112 valence electrons. The Balaban J connectivity index is 1.78. The van der Waals surface area contributed by atoms with Crippen LogP contribution in [0.1, 0.15) is 12.0 Å². The van der Waals surface area contributed by atoms with Gasteiger partial charge < -0.3 is 0 Å². The monoisotopic (exact) mass is 331 g/mol. The van der Waals surface area contributed by atoms with Gasteiger partial charge in [-0.2, -0.15) is 0 Å². The number of hydrogen-bond donors (Lipinski definition) is 0. The van der Waals surface area contributed by atoms with E-state index in [-0.39, 0.29) is 17.1 Å². The lowest BCUT2D eigenvalue weighted by Gasteiger charge is -2.16. The van der Waals surface area contributed by atoms with Crippen LogP contribution in [0.15, 0.2) is 53.5 Å². The highest BCUT2D eigenvalue weighted by Gasteiger charge is 2.32. The molecule has 1 aliphatic carbocycles. The predicted octanol–water partition coefficient (Wildman–Crippen LogP) is 4.51. The fourth-order valence-electron chi connectivity index (χ4n) is 2.45. The van der Waals surface area contributed by atoms with Gasteiger partial charge in [0.2, 0.25) is 0 Å². The van der Waals surface area contributed by atoms with E-state index in [1.807, 2.05) is 42.5 Å². The predicted molar refractivity (Wildman–Crippen MR) is 90.5 cm³/mol. The van der Waals surface area contributed by atoms with Crippen LogP contribution in [0.5, 0.6) is 0 Å². The molecule has 0 spiro atoms. The van der Waals surface area contributed by atoms with Gasteiger partial charge in [0.05, 0.1) is 4.91 Å². The molecule has 1 unspecified atom stereocenters. The highest BCUT2D eigenvalue weighted by atomic mass is 35.5. The van der Waals surface area contributed by atoms with E-state index in [1.165, 1.54) is 12.6 Å². The second-order valence-corrected chi connectivity index (χ2v) is 6.64. The number of halogens is 1. The Morgan fingerprint density at radius 3 is 2.64 bits per heavy atom. The van der Waals surface area contributed by atoms with Crippen LogP contribution in [-0.2, 0) is 4.79 Å². The van der Waals surface area contributed by atoms with Crippen LogP contribution in [0.4, 0.5) is 4.79 Å². The summed E-state index contributed by atoms with van der Waals surface area (Å²) < 4.78 is 0. The SMILES string of the molecule is CN1C(=O)S/C(=C\C2C=CC=C(c3ccc(Cl)cc3)C2)C1=O. The van der Waals surface area contributed by atoms with E-state index in [1.54, 1.807) is 0 Å². The highest BCUT2D eigenvalue weighted by Crippen LogP contribution is 2.34. The van der Waals surface area contributed by atoms with Crippen molar-refractivity contribution in [3.05, 3.63) is 64.1 Å². The molecule has 1 aromatic rings. The third-order valence-corrected chi connectivity index (χ3v) is 4.91. The summed E-state index contributed by atoms with van der Waals surface area (Å²) in [4.78, 5) is 25.1. The topological polar surface area (TPSA) is 37.4 Å². The Kier molecular flexibility index (Phi) is 4.23. The van der Waals surface area contributed by atoms with Gasteiger partial charge in [-0.05, 0) is 41.5 Å². The molecule has 0 bridgehead atoms. The van der Waals surface area contributed by atoms with Crippen LogP contribution in [0, 0.1) is 5.92 Å². The molecule has 0 radical (unpaired) electrons. The van der Waals surface area contributed by atoms with Gasteiger partial charge in [-0.1, -0.05) is 48.0 Å². The number of thioether (sulfide) groups is 1. The second-order valence-electron chi connectivity index (χ2n) is 5.21. The van der Waals surface area contributed by atoms with Crippen molar-refractivity contribution in [2.24, 2.45) is 5.92 Å². The molecule has 1 atom stereocenters. The summed E-state index contributed by atoms with van der Waals surface area (Å²) in [6.07, 6.45) is 8.79. The highest BCUT2D eigenvalue weighted by molar-refractivity contribution is 8.18. The lowest BCUT2D eigenvalue weighted by Crippen LogP contribution is -2.22. The molecule has 22 heavy (non-hydrogen) atoms. The number of benzene rings is 1. The zero-order chi connectivity index (χ0) is 15.7. The van der Waals surface area contributed by atoms with Crippen LogP contribution in [-0.4, -0.2) is 23.1 Å². The first-order valence-corrected chi connectivity index (χ1v) is 8.09. The number of allylic oxidation sites excluding steroid dienone is 5. The fraction of sp³-hybridized carbons (Fsp3) is 0.176. The molecule has 2 amide bonds. The normalized spacial score (nSPS) is 23.4. The minimum absolute atomic E-state index is 0.112. The van der Waals surface area contributed by atoms with Crippen molar-refractivity contribution in [3.8, 4) is 0 Å². The maximum atomic E-state index is 11.9. The van der Waals surface area contributed by atoms with Crippen LogP contribution < -0.4 is 0 Å². The zero-order valence-electron chi connectivity index (χ0n) is 12.0. The third-order valence-electron chi connectivity index (χ3n) is 3.68. The lowest BCUT2D eigenvalue weighted by molar-refractivity contribution is -0.121. The van der Waals surface area contributed by atoms with Gasteiger partial charge in [0.25, 0.3) is 11.1 Å².